The van der Waals surface area contributed by atoms with E-state index in [0.29, 0.717) is 11.6 Å². The van der Waals surface area contributed by atoms with Crippen LogP contribution in [0.15, 0.2) is 42.5 Å². The van der Waals surface area contributed by atoms with Crippen molar-refractivity contribution in [1.29, 1.82) is 0 Å². The molecule has 1 N–H and O–H groups in total. The molecular weight excluding hydrogens is 277 g/mol. The van der Waals surface area contributed by atoms with Gasteiger partial charge in [-0.2, -0.15) is 0 Å². The summed E-state index contributed by atoms with van der Waals surface area (Å²) in [6.45, 7) is 2.66. The van der Waals surface area contributed by atoms with Gasteiger partial charge in [-0.1, -0.05) is 29.8 Å². The number of benzene rings is 2. The summed E-state index contributed by atoms with van der Waals surface area (Å²) < 4.78 is 18.1. The van der Waals surface area contributed by atoms with Crippen LogP contribution in [0.25, 0.3) is 0 Å². The summed E-state index contributed by atoms with van der Waals surface area (Å²) in [4.78, 5) is 0. The lowest BCUT2D eigenvalue weighted by atomic mass is 10.1. The highest BCUT2D eigenvalue weighted by molar-refractivity contribution is 6.31. The van der Waals surface area contributed by atoms with E-state index in [4.69, 9.17) is 16.3 Å². The fourth-order valence-corrected chi connectivity index (χ4v) is 2.17. The van der Waals surface area contributed by atoms with Crippen molar-refractivity contribution in [2.75, 3.05) is 7.11 Å². The molecule has 0 saturated carbocycles. The molecule has 2 nitrogen and oxygen atoms in total. The molecule has 0 aliphatic heterocycles. The highest BCUT2D eigenvalue weighted by Gasteiger charge is 2.07. The number of hydrogen-bond acceptors (Lipinski definition) is 2. The van der Waals surface area contributed by atoms with E-state index in [0.717, 1.165) is 16.9 Å². The molecular formula is C16H17ClFNO. The van der Waals surface area contributed by atoms with Crippen molar-refractivity contribution < 1.29 is 9.13 Å². The fourth-order valence-electron chi connectivity index (χ4n) is 1.94. The topological polar surface area (TPSA) is 21.3 Å². The standard InChI is InChI=1S/C16H17ClFNO/c1-11(12-4-7-15(20-2)8-5-12)19-10-13-3-6-14(18)9-16(13)17/h3-9,11,19H,10H2,1-2H3/t11-/m0/s1. The second kappa shape index (κ2) is 6.73. The first-order valence-corrected chi connectivity index (χ1v) is 6.79. The molecule has 4 heteroatoms. The molecule has 0 spiro atoms. The highest BCUT2D eigenvalue weighted by Crippen LogP contribution is 2.20. The lowest BCUT2D eigenvalue weighted by Crippen LogP contribution is -2.18. The minimum absolute atomic E-state index is 0.169. The van der Waals surface area contributed by atoms with Gasteiger partial charge < -0.3 is 10.1 Å². The molecule has 0 saturated heterocycles. The third kappa shape index (κ3) is 3.71. The predicted octanol–water partition coefficient (Wildman–Crippen LogP) is 4.34. The van der Waals surface area contributed by atoms with E-state index in [1.54, 1.807) is 13.2 Å². The van der Waals surface area contributed by atoms with E-state index in [-0.39, 0.29) is 11.9 Å². The van der Waals surface area contributed by atoms with Crippen LogP contribution >= 0.6 is 11.6 Å². The van der Waals surface area contributed by atoms with Crippen LogP contribution in [0.3, 0.4) is 0 Å². The average molecular weight is 294 g/mol. The van der Waals surface area contributed by atoms with Gasteiger partial charge in [0, 0.05) is 17.6 Å². The number of halogens is 2. The smallest absolute Gasteiger partial charge is 0.124 e. The van der Waals surface area contributed by atoms with Gasteiger partial charge in [0.1, 0.15) is 11.6 Å². The molecule has 20 heavy (non-hydrogen) atoms. The minimum atomic E-state index is -0.318. The van der Waals surface area contributed by atoms with Crippen LogP contribution in [0.2, 0.25) is 5.02 Å². The number of ether oxygens (including phenoxy) is 1. The molecule has 2 rings (SSSR count). The van der Waals surface area contributed by atoms with Crippen LogP contribution < -0.4 is 10.1 Å². The summed E-state index contributed by atoms with van der Waals surface area (Å²) >= 11 is 6.00. The van der Waals surface area contributed by atoms with Crippen molar-refractivity contribution in [3.05, 3.63) is 64.4 Å². The maximum absolute atomic E-state index is 13.0. The summed E-state index contributed by atoms with van der Waals surface area (Å²) in [6.07, 6.45) is 0. The van der Waals surface area contributed by atoms with Gasteiger partial charge in [0.2, 0.25) is 0 Å². The van der Waals surface area contributed by atoms with E-state index in [1.165, 1.54) is 12.1 Å². The number of methoxy groups -OCH3 is 1. The highest BCUT2D eigenvalue weighted by atomic mass is 35.5. The number of rotatable bonds is 5. The lowest BCUT2D eigenvalue weighted by Gasteiger charge is -2.15. The van der Waals surface area contributed by atoms with E-state index >= 15 is 0 Å². The lowest BCUT2D eigenvalue weighted by molar-refractivity contribution is 0.414. The molecule has 0 unspecified atom stereocenters. The van der Waals surface area contributed by atoms with Crippen LogP contribution in [-0.2, 0) is 6.54 Å². The second-order valence-electron chi connectivity index (χ2n) is 4.61. The molecule has 0 radical (unpaired) electrons. The van der Waals surface area contributed by atoms with Gasteiger partial charge in [0.15, 0.2) is 0 Å². The summed E-state index contributed by atoms with van der Waals surface area (Å²) in [5, 5.41) is 3.81. The van der Waals surface area contributed by atoms with Gasteiger partial charge in [-0.3, -0.25) is 0 Å². The van der Waals surface area contributed by atoms with Gasteiger partial charge >= 0.3 is 0 Å². The molecule has 0 aromatic heterocycles. The Morgan fingerprint density at radius 3 is 2.50 bits per heavy atom. The first kappa shape index (κ1) is 14.8. The monoisotopic (exact) mass is 293 g/mol. The maximum atomic E-state index is 13.0. The van der Waals surface area contributed by atoms with Gasteiger partial charge in [-0.05, 0) is 42.3 Å². The van der Waals surface area contributed by atoms with Crippen molar-refractivity contribution >= 4 is 11.6 Å². The Bertz CT molecular complexity index is 571. The number of nitrogens with one attached hydrogen (secondary N) is 1. The third-order valence-corrected chi connectivity index (χ3v) is 3.58. The second-order valence-corrected chi connectivity index (χ2v) is 5.02. The van der Waals surface area contributed by atoms with E-state index in [1.807, 2.05) is 24.3 Å². The normalized spacial score (nSPS) is 12.2. The molecule has 106 valence electrons. The maximum Gasteiger partial charge on any atom is 0.124 e. The van der Waals surface area contributed by atoms with Gasteiger partial charge in [0.05, 0.1) is 7.11 Å². The molecule has 0 bridgehead atoms. The Balaban J connectivity index is 1.98. The summed E-state index contributed by atoms with van der Waals surface area (Å²) in [6, 6.07) is 12.5. The van der Waals surface area contributed by atoms with Crippen LogP contribution in [0, 0.1) is 5.82 Å². The summed E-state index contributed by atoms with van der Waals surface area (Å²) in [5.41, 5.74) is 2.04. The molecule has 2 aromatic carbocycles. The van der Waals surface area contributed by atoms with Crippen LogP contribution in [0.5, 0.6) is 5.75 Å². The van der Waals surface area contributed by atoms with E-state index in [9.17, 15) is 4.39 Å². The quantitative estimate of drug-likeness (QED) is 0.885. The van der Waals surface area contributed by atoms with E-state index in [2.05, 4.69) is 12.2 Å². The zero-order valence-electron chi connectivity index (χ0n) is 11.5. The summed E-state index contributed by atoms with van der Waals surface area (Å²) in [7, 11) is 1.65. The molecule has 0 heterocycles. The Kier molecular flexibility index (Phi) is 4.99. The van der Waals surface area contributed by atoms with Crippen LogP contribution in [0.4, 0.5) is 4.39 Å². The van der Waals surface area contributed by atoms with Crippen molar-refractivity contribution in [1.82, 2.24) is 5.32 Å². The predicted molar refractivity (Wildman–Crippen MR) is 79.7 cm³/mol. The van der Waals surface area contributed by atoms with Gasteiger partial charge in [-0.25, -0.2) is 4.39 Å². The first-order chi connectivity index (χ1) is 9.60. The molecule has 0 aliphatic rings. The van der Waals surface area contributed by atoms with E-state index < -0.39 is 0 Å². The number of hydrogen-bond donors (Lipinski definition) is 1. The Morgan fingerprint density at radius 2 is 1.90 bits per heavy atom. The molecule has 2 aromatic rings. The van der Waals surface area contributed by atoms with Crippen LogP contribution in [0.1, 0.15) is 24.1 Å². The fraction of sp³-hybridized carbons (Fsp3) is 0.250. The largest absolute Gasteiger partial charge is 0.497 e. The SMILES string of the molecule is COc1ccc([C@H](C)NCc2ccc(F)cc2Cl)cc1. The van der Waals surface area contributed by atoms with Crippen LogP contribution in [-0.4, -0.2) is 7.11 Å². The molecule has 0 fully saturated rings. The van der Waals surface area contributed by atoms with Crippen molar-refractivity contribution in [2.24, 2.45) is 0 Å². The summed E-state index contributed by atoms with van der Waals surface area (Å²) in [5.74, 6) is 0.518. The molecule has 0 aliphatic carbocycles. The zero-order chi connectivity index (χ0) is 14.5. The van der Waals surface area contributed by atoms with Crippen molar-refractivity contribution in [3.63, 3.8) is 0 Å². The average Bonchev–Trinajstić information content (AvgIpc) is 2.46. The zero-order valence-corrected chi connectivity index (χ0v) is 12.2. The van der Waals surface area contributed by atoms with Crippen molar-refractivity contribution in [2.45, 2.75) is 19.5 Å². The van der Waals surface area contributed by atoms with Crippen molar-refractivity contribution in [3.8, 4) is 5.75 Å². The van der Waals surface area contributed by atoms with Gasteiger partial charge in [-0.15, -0.1) is 0 Å². The Hall–Kier alpha value is -1.58. The Morgan fingerprint density at radius 1 is 1.20 bits per heavy atom. The first-order valence-electron chi connectivity index (χ1n) is 6.41. The minimum Gasteiger partial charge on any atom is -0.497 e. The molecule has 0 amide bonds. The molecule has 1 atom stereocenters. The van der Waals surface area contributed by atoms with Gasteiger partial charge in [0.25, 0.3) is 0 Å². The Labute approximate surface area is 123 Å². The third-order valence-electron chi connectivity index (χ3n) is 3.23.